The van der Waals surface area contributed by atoms with Crippen LogP contribution in [0.25, 0.3) is 0 Å². The molecule has 0 amide bonds. The second-order valence-electron chi connectivity index (χ2n) is 9.63. The molecule has 0 aromatic carbocycles. The number of hydrogen-bond acceptors (Lipinski definition) is 4. The summed E-state index contributed by atoms with van der Waals surface area (Å²) in [5.74, 6) is -0.473. The van der Waals surface area contributed by atoms with Crippen LogP contribution >= 0.6 is 0 Å². The van der Waals surface area contributed by atoms with Crippen LogP contribution in [-0.4, -0.2) is 39.7 Å². The molecule has 0 spiro atoms. The van der Waals surface area contributed by atoms with Gasteiger partial charge in [-0.25, -0.2) is 4.39 Å². The average Bonchev–Trinajstić information content (AvgIpc) is 2.81. The molecule has 3 saturated carbocycles. The fraction of sp³-hybridized carbons (Fsp3) is 0.810. The molecule has 8 atom stereocenters. The third-order valence-corrected chi connectivity index (χ3v) is 8.61. The summed E-state index contributed by atoms with van der Waals surface area (Å²) in [4.78, 5) is 24.1. The maximum Gasteiger partial charge on any atom is 0.161 e. The molecule has 0 radical (unpaired) electrons. The Balaban J connectivity index is 1.79. The van der Waals surface area contributed by atoms with E-state index in [0.717, 1.165) is 0 Å². The van der Waals surface area contributed by atoms with Crippen molar-refractivity contribution in [3.8, 4) is 0 Å². The Kier molecular flexibility index (Phi) is 3.86. The van der Waals surface area contributed by atoms with Crippen LogP contribution in [-0.2, 0) is 9.59 Å². The first-order valence-corrected chi connectivity index (χ1v) is 9.85. The molecule has 5 heteroatoms. The number of aliphatic hydroxyl groups excluding tert-OH is 1. The second kappa shape index (κ2) is 5.48. The molecule has 4 nitrogen and oxygen atoms in total. The largest absolute Gasteiger partial charge is 0.393 e. The summed E-state index contributed by atoms with van der Waals surface area (Å²) in [6.45, 7) is 5.31. The Morgan fingerprint density at radius 1 is 1.31 bits per heavy atom. The Morgan fingerprint density at radius 2 is 2.00 bits per heavy atom. The molecule has 4 aliphatic rings. The lowest BCUT2D eigenvalue weighted by Gasteiger charge is -2.60. The molecule has 0 heterocycles. The van der Waals surface area contributed by atoms with E-state index in [1.54, 1.807) is 0 Å². The van der Waals surface area contributed by atoms with Crippen molar-refractivity contribution in [3.05, 3.63) is 11.6 Å². The molecule has 4 aliphatic carbocycles. The minimum atomic E-state index is -1.44. The highest BCUT2D eigenvalue weighted by atomic mass is 19.1. The first kappa shape index (κ1) is 18.3. The lowest BCUT2D eigenvalue weighted by atomic mass is 9.45. The maximum absolute atomic E-state index is 15.1. The number of halogens is 1. The van der Waals surface area contributed by atoms with E-state index in [2.05, 4.69) is 0 Å². The highest BCUT2D eigenvalue weighted by Crippen LogP contribution is 2.67. The zero-order chi connectivity index (χ0) is 19.1. The van der Waals surface area contributed by atoms with Crippen molar-refractivity contribution in [3.63, 3.8) is 0 Å². The van der Waals surface area contributed by atoms with Gasteiger partial charge in [0, 0.05) is 11.8 Å². The standard InChI is InChI=1S/C21H29FO4/c1-11(23)21(26)7-5-14-13-9-16(22)15-8-12(24)4-6-19(15,2)18(13)17(25)10-20(14,21)3/h8,13-14,16-18,25-26H,4-7,9-10H2,1-3H3/t13-,14-,16-,17+,18+,19-,20-,21-/m0/s1. The molecule has 2 N–H and O–H groups in total. The number of hydrogen-bond donors (Lipinski definition) is 2. The van der Waals surface area contributed by atoms with Crippen LogP contribution < -0.4 is 0 Å². The van der Waals surface area contributed by atoms with Crippen LogP contribution in [0.1, 0.15) is 59.3 Å². The highest BCUT2D eigenvalue weighted by molar-refractivity contribution is 5.92. The van der Waals surface area contributed by atoms with Gasteiger partial charge in [0.15, 0.2) is 11.6 Å². The zero-order valence-electron chi connectivity index (χ0n) is 15.8. The van der Waals surface area contributed by atoms with Crippen LogP contribution in [0.3, 0.4) is 0 Å². The summed E-state index contributed by atoms with van der Waals surface area (Å²) in [6, 6.07) is 0. The fourth-order valence-corrected chi connectivity index (χ4v) is 7.28. The van der Waals surface area contributed by atoms with E-state index in [9.17, 15) is 19.8 Å². The molecule has 0 unspecified atom stereocenters. The number of fused-ring (bicyclic) bond motifs is 5. The molecule has 0 aromatic heterocycles. The molecule has 0 aliphatic heterocycles. The Morgan fingerprint density at radius 3 is 2.65 bits per heavy atom. The van der Waals surface area contributed by atoms with Gasteiger partial charge in [0.05, 0.1) is 6.10 Å². The summed E-state index contributed by atoms with van der Waals surface area (Å²) in [6.07, 6.45) is 2.22. The van der Waals surface area contributed by atoms with Gasteiger partial charge in [-0.2, -0.15) is 0 Å². The lowest BCUT2D eigenvalue weighted by molar-refractivity contribution is -0.182. The number of carbonyl (C=O) groups is 2. The van der Waals surface area contributed by atoms with E-state index in [1.807, 2.05) is 13.8 Å². The van der Waals surface area contributed by atoms with E-state index >= 15 is 4.39 Å². The summed E-state index contributed by atoms with van der Waals surface area (Å²) >= 11 is 0. The van der Waals surface area contributed by atoms with Crippen molar-refractivity contribution in [2.24, 2.45) is 28.6 Å². The Bertz CT molecular complexity index is 702. The Hall–Kier alpha value is -1.07. The number of allylic oxidation sites excluding steroid dienone is 1. The van der Waals surface area contributed by atoms with Crippen LogP contribution in [0, 0.1) is 28.6 Å². The molecule has 26 heavy (non-hydrogen) atoms. The number of Topliss-reactive ketones (excluding diaryl/α,β-unsaturated/α-hetero) is 1. The third-order valence-electron chi connectivity index (χ3n) is 8.61. The van der Waals surface area contributed by atoms with Crippen LogP contribution in [0.4, 0.5) is 4.39 Å². The van der Waals surface area contributed by atoms with Crippen molar-refractivity contribution in [1.29, 1.82) is 0 Å². The van der Waals surface area contributed by atoms with Crippen molar-refractivity contribution < 1.29 is 24.2 Å². The van der Waals surface area contributed by atoms with Crippen molar-refractivity contribution in [2.75, 3.05) is 0 Å². The van der Waals surface area contributed by atoms with E-state index in [1.165, 1.54) is 13.0 Å². The average molecular weight is 364 g/mol. The fourth-order valence-electron chi connectivity index (χ4n) is 7.28. The number of carbonyl (C=O) groups excluding carboxylic acids is 2. The summed E-state index contributed by atoms with van der Waals surface area (Å²) in [5.41, 5.74) is -2.12. The second-order valence-corrected chi connectivity index (χ2v) is 9.63. The van der Waals surface area contributed by atoms with E-state index in [-0.39, 0.29) is 35.7 Å². The van der Waals surface area contributed by atoms with Crippen LogP contribution in [0.5, 0.6) is 0 Å². The normalized spacial score (nSPS) is 53.4. The molecule has 0 bridgehead atoms. The van der Waals surface area contributed by atoms with Gasteiger partial charge in [-0.1, -0.05) is 13.8 Å². The molecular formula is C21H29FO4. The Labute approximate surface area is 153 Å². The van der Waals surface area contributed by atoms with Crippen LogP contribution in [0.2, 0.25) is 0 Å². The summed E-state index contributed by atoms with van der Waals surface area (Å²) in [7, 11) is 0. The molecule has 4 rings (SSSR count). The smallest absolute Gasteiger partial charge is 0.161 e. The number of ketones is 2. The minimum absolute atomic E-state index is 0.0130. The molecule has 0 aromatic rings. The number of alkyl halides is 1. The van der Waals surface area contributed by atoms with Gasteiger partial charge in [-0.05, 0) is 73.8 Å². The van der Waals surface area contributed by atoms with Gasteiger partial charge >= 0.3 is 0 Å². The van der Waals surface area contributed by atoms with Gasteiger partial charge in [-0.15, -0.1) is 0 Å². The predicted octanol–water partition coefficient (Wildman–Crippen LogP) is 2.76. The molecular weight excluding hydrogens is 335 g/mol. The number of rotatable bonds is 1. The van der Waals surface area contributed by atoms with Crippen molar-refractivity contribution in [1.82, 2.24) is 0 Å². The first-order valence-electron chi connectivity index (χ1n) is 9.85. The van der Waals surface area contributed by atoms with Gasteiger partial charge in [-0.3, -0.25) is 9.59 Å². The summed E-state index contributed by atoms with van der Waals surface area (Å²) in [5, 5.41) is 22.2. The predicted molar refractivity (Wildman–Crippen MR) is 94.0 cm³/mol. The van der Waals surface area contributed by atoms with Crippen LogP contribution in [0.15, 0.2) is 11.6 Å². The van der Waals surface area contributed by atoms with Crippen molar-refractivity contribution in [2.45, 2.75) is 77.2 Å². The van der Waals surface area contributed by atoms with Crippen molar-refractivity contribution >= 4 is 11.6 Å². The molecule has 144 valence electrons. The third kappa shape index (κ3) is 2.07. The zero-order valence-corrected chi connectivity index (χ0v) is 15.8. The number of aliphatic hydroxyl groups is 2. The highest BCUT2D eigenvalue weighted by Gasteiger charge is 2.68. The van der Waals surface area contributed by atoms with E-state index < -0.39 is 28.7 Å². The van der Waals surface area contributed by atoms with Gasteiger partial charge in [0.2, 0.25) is 0 Å². The quantitative estimate of drug-likeness (QED) is 0.750. The molecule has 3 fully saturated rings. The topological polar surface area (TPSA) is 74.6 Å². The van der Waals surface area contributed by atoms with Gasteiger partial charge < -0.3 is 10.2 Å². The SMILES string of the molecule is CC(=O)[C@@]1(O)CC[C@H]2[C@@H]3C[C@H](F)C4=CC(=O)CC[C@]4(C)[C@H]3[C@H](O)C[C@@]21C. The van der Waals surface area contributed by atoms with Gasteiger partial charge in [0.25, 0.3) is 0 Å². The van der Waals surface area contributed by atoms with Gasteiger partial charge in [0.1, 0.15) is 11.8 Å². The minimum Gasteiger partial charge on any atom is -0.393 e. The monoisotopic (exact) mass is 364 g/mol. The first-order chi connectivity index (χ1) is 12.0. The summed E-state index contributed by atoms with van der Waals surface area (Å²) < 4.78 is 15.1. The van der Waals surface area contributed by atoms with E-state index in [0.29, 0.717) is 37.7 Å². The molecule has 0 saturated heterocycles. The maximum atomic E-state index is 15.1. The van der Waals surface area contributed by atoms with E-state index in [4.69, 9.17) is 0 Å². The lowest BCUT2D eigenvalue weighted by Crippen LogP contribution is -2.62.